The smallest absolute Gasteiger partial charge is 0.407 e. The number of methoxy groups -OCH3 is 2. The number of ether oxygens (including phenoxy) is 4. The molecule has 1 amide bonds. The summed E-state index contributed by atoms with van der Waals surface area (Å²) in [4.78, 5) is 12.7. The summed E-state index contributed by atoms with van der Waals surface area (Å²) in [7, 11) is 3.29. The average Bonchev–Trinajstić information content (AvgIpc) is 3.49. The first kappa shape index (κ1) is 33.8. The number of carbonyl (C=O) groups is 1. The Kier molecular flexibility index (Phi) is 10.9. The van der Waals surface area contributed by atoms with Gasteiger partial charge in [-0.2, -0.15) is 0 Å². The average molecular weight is 658 g/mol. The molecule has 0 aliphatic heterocycles. The summed E-state index contributed by atoms with van der Waals surface area (Å²) < 4.78 is 23.6. The van der Waals surface area contributed by atoms with Crippen LogP contribution in [-0.4, -0.2) is 51.8 Å². The van der Waals surface area contributed by atoms with Gasteiger partial charge in [0.1, 0.15) is 23.7 Å². The highest BCUT2D eigenvalue weighted by atomic mass is 16.5. The van der Waals surface area contributed by atoms with E-state index in [1.807, 2.05) is 91.0 Å². The maximum atomic E-state index is 12.7. The third kappa shape index (κ3) is 7.33. The van der Waals surface area contributed by atoms with E-state index in [0.29, 0.717) is 19.4 Å². The lowest BCUT2D eigenvalue weighted by Crippen LogP contribution is -2.35. The zero-order chi connectivity index (χ0) is 34.1. The summed E-state index contributed by atoms with van der Waals surface area (Å²) in [5, 5.41) is 13.3. The second kappa shape index (κ2) is 15.9. The first-order valence-electron chi connectivity index (χ1n) is 16.8. The number of hydrogen-bond acceptors (Lipinski definition) is 6. The Morgan fingerprint density at radius 1 is 0.714 bits per heavy atom. The molecule has 0 spiro atoms. The number of nitrogens with one attached hydrogen (secondary N) is 1. The molecule has 2 N–H and O–H groups in total. The van der Waals surface area contributed by atoms with E-state index in [0.717, 1.165) is 28.2 Å². The fourth-order valence-electron chi connectivity index (χ4n) is 6.78. The van der Waals surface area contributed by atoms with Crippen LogP contribution in [0.1, 0.15) is 46.6 Å². The second-order valence-electron chi connectivity index (χ2n) is 12.3. The zero-order valence-electron chi connectivity index (χ0n) is 28.0. The van der Waals surface area contributed by atoms with E-state index in [-0.39, 0.29) is 31.7 Å². The van der Waals surface area contributed by atoms with Gasteiger partial charge in [0.2, 0.25) is 0 Å². The highest BCUT2D eigenvalue weighted by molar-refractivity contribution is 5.79. The molecule has 5 aromatic rings. The molecule has 5 aromatic carbocycles. The number of hydrogen-bond donors (Lipinski definition) is 2. The van der Waals surface area contributed by atoms with E-state index >= 15 is 0 Å². The quantitative estimate of drug-likeness (QED) is 0.0879. The lowest BCUT2D eigenvalue weighted by atomic mass is 9.80. The predicted octanol–water partition coefficient (Wildman–Crippen LogP) is 7.94. The van der Waals surface area contributed by atoms with Gasteiger partial charge in [-0.15, -0.1) is 0 Å². The maximum absolute atomic E-state index is 12.7. The van der Waals surface area contributed by atoms with Gasteiger partial charge in [-0.1, -0.05) is 103 Å². The minimum Gasteiger partial charge on any atom is -0.497 e. The van der Waals surface area contributed by atoms with E-state index in [1.165, 1.54) is 22.3 Å². The van der Waals surface area contributed by atoms with Crippen molar-refractivity contribution in [1.29, 1.82) is 0 Å². The van der Waals surface area contributed by atoms with Crippen molar-refractivity contribution >= 4 is 6.09 Å². The first-order valence-corrected chi connectivity index (χ1v) is 16.8. The summed E-state index contributed by atoms with van der Waals surface area (Å²) in [6, 6.07) is 42.4. The molecule has 1 aliphatic rings. The van der Waals surface area contributed by atoms with Gasteiger partial charge in [-0.3, -0.25) is 0 Å². The summed E-state index contributed by atoms with van der Waals surface area (Å²) in [5.41, 5.74) is 6.60. The second-order valence-corrected chi connectivity index (χ2v) is 12.3. The maximum Gasteiger partial charge on any atom is 0.407 e. The minimum atomic E-state index is -0.966. The van der Waals surface area contributed by atoms with E-state index < -0.39 is 11.7 Å². The molecule has 0 radical (unpaired) electrons. The molecule has 6 rings (SSSR count). The van der Waals surface area contributed by atoms with Crippen molar-refractivity contribution in [3.63, 3.8) is 0 Å². The van der Waals surface area contributed by atoms with Gasteiger partial charge >= 0.3 is 6.09 Å². The van der Waals surface area contributed by atoms with E-state index in [1.54, 1.807) is 14.2 Å². The van der Waals surface area contributed by atoms with Crippen molar-refractivity contribution in [1.82, 2.24) is 5.32 Å². The molecule has 1 atom stereocenters. The first-order chi connectivity index (χ1) is 24.1. The molecule has 0 saturated carbocycles. The molecule has 0 heterocycles. The van der Waals surface area contributed by atoms with Gasteiger partial charge in [0.05, 0.1) is 20.8 Å². The SMILES string of the molecule is COc1ccc(C(OCC(CO)CCCNC(=O)OCC2c3ccccc3-c3ccccc32)(c2ccccc2)c2ccc(OC)cc2)cc1. The molecule has 49 heavy (non-hydrogen) atoms. The molecule has 7 nitrogen and oxygen atoms in total. The lowest BCUT2D eigenvalue weighted by molar-refractivity contribution is -0.0204. The Morgan fingerprint density at radius 2 is 1.22 bits per heavy atom. The van der Waals surface area contributed by atoms with Crippen molar-refractivity contribution in [2.24, 2.45) is 5.92 Å². The Hall–Kier alpha value is -5.11. The van der Waals surface area contributed by atoms with Crippen LogP contribution in [-0.2, 0) is 15.1 Å². The van der Waals surface area contributed by atoms with Crippen molar-refractivity contribution in [3.05, 3.63) is 155 Å². The summed E-state index contributed by atoms with van der Waals surface area (Å²) >= 11 is 0. The molecule has 0 aromatic heterocycles. The van der Waals surface area contributed by atoms with E-state index in [4.69, 9.17) is 18.9 Å². The van der Waals surface area contributed by atoms with Crippen LogP contribution in [0.4, 0.5) is 4.79 Å². The fraction of sp³-hybridized carbons (Fsp3) is 0.262. The Morgan fingerprint density at radius 3 is 1.76 bits per heavy atom. The van der Waals surface area contributed by atoms with Crippen molar-refractivity contribution in [3.8, 4) is 22.6 Å². The highest BCUT2D eigenvalue weighted by Crippen LogP contribution is 2.45. The summed E-state index contributed by atoms with van der Waals surface area (Å²) in [6.45, 7) is 0.925. The zero-order valence-corrected chi connectivity index (χ0v) is 28.0. The molecule has 0 saturated heterocycles. The number of benzene rings is 5. The predicted molar refractivity (Wildman–Crippen MR) is 191 cm³/mol. The van der Waals surface area contributed by atoms with Crippen LogP contribution < -0.4 is 14.8 Å². The summed E-state index contributed by atoms with van der Waals surface area (Å²) in [5.74, 6) is 1.34. The van der Waals surface area contributed by atoms with Crippen LogP contribution in [0.2, 0.25) is 0 Å². The minimum absolute atomic E-state index is 0.00959. The molecular formula is C42H43NO6. The highest BCUT2D eigenvalue weighted by Gasteiger charge is 2.38. The normalized spacial score (nSPS) is 12.9. The Bertz CT molecular complexity index is 1710. The topological polar surface area (TPSA) is 86.2 Å². The van der Waals surface area contributed by atoms with Crippen molar-refractivity contribution in [2.75, 3.05) is 40.6 Å². The molecule has 252 valence electrons. The lowest BCUT2D eigenvalue weighted by Gasteiger charge is -2.37. The van der Waals surface area contributed by atoms with Gasteiger partial charge in [-0.05, 0) is 76.1 Å². The molecule has 1 unspecified atom stereocenters. The molecular weight excluding hydrogens is 614 g/mol. The molecule has 0 fully saturated rings. The monoisotopic (exact) mass is 657 g/mol. The van der Waals surface area contributed by atoms with Crippen molar-refractivity contribution in [2.45, 2.75) is 24.4 Å². The van der Waals surface area contributed by atoms with Crippen LogP contribution >= 0.6 is 0 Å². The van der Waals surface area contributed by atoms with Gasteiger partial charge < -0.3 is 29.4 Å². The number of alkyl carbamates (subject to hydrolysis) is 1. The third-order valence-electron chi connectivity index (χ3n) is 9.37. The standard InChI is InChI=1S/C42H43NO6/c1-46-34-22-18-32(19-23-34)42(31-12-4-3-5-13-31,33-20-24-35(47-2)25-21-33)49-28-30(27-44)11-10-26-43-41(45)48-29-40-38-16-8-6-14-36(38)37-15-7-9-17-39(37)40/h3-9,12-25,30,40,44H,10-11,26-29H2,1-2H3,(H,43,45). The van der Waals surface area contributed by atoms with Crippen LogP contribution in [0.5, 0.6) is 11.5 Å². The van der Waals surface area contributed by atoms with Crippen LogP contribution in [0.15, 0.2) is 127 Å². The van der Waals surface area contributed by atoms with Crippen LogP contribution in [0, 0.1) is 5.92 Å². The molecule has 7 heteroatoms. The number of rotatable bonds is 15. The fourth-order valence-corrected chi connectivity index (χ4v) is 6.78. The number of carbonyl (C=O) groups excluding carboxylic acids is 1. The Labute approximate surface area is 288 Å². The van der Waals surface area contributed by atoms with Gasteiger partial charge in [-0.25, -0.2) is 4.79 Å². The van der Waals surface area contributed by atoms with E-state index in [2.05, 4.69) is 41.7 Å². The van der Waals surface area contributed by atoms with Crippen molar-refractivity contribution < 1.29 is 28.8 Å². The van der Waals surface area contributed by atoms with Gasteiger partial charge in [0, 0.05) is 25.0 Å². The summed E-state index contributed by atoms with van der Waals surface area (Å²) in [6.07, 6.45) is 0.860. The van der Waals surface area contributed by atoms with Crippen LogP contribution in [0.3, 0.4) is 0 Å². The molecule has 1 aliphatic carbocycles. The third-order valence-corrected chi connectivity index (χ3v) is 9.37. The van der Waals surface area contributed by atoms with Gasteiger partial charge in [0.25, 0.3) is 0 Å². The van der Waals surface area contributed by atoms with Gasteiger partial charge in [0.15, 0.2) is 0 Å². The number of aliphatic hydroxyl groups is 1. The molecule has 0 bridgehead atoms. The number of amides is 1. The largest absolute Gasteiger partial charge is 0.497 e. The Balaban J connectivity index is 1.10. The van der Waals surface area contributed by atoms with E-state index in [9.17, 15) is 9.90 Å². The van der Waals surface area contributed by atoms with Crippen LogP contribution in [0.25, 0.3) is 11.1 Å². The number of fused-ring (bicyclic) bond motifs is 3. The number of aliphatic hydroxyl groups excluding tert-OH is 1.